The van der Waals surface area contributed by atoms with Crippen LogP contribution in [0.25, 0.3) is 0 Å². The molecule has 1 aliphatic rings. The molecule has 0 spiro atoms. The topological polar surface area (TPSA) is 35.5 Å². The quantitative estimate of drug-likeness (QED) is 0.804. The summed E-state index contributed by atoms with van der Waals surface area (Å²) in [5, 5.41) is 13.1. The van der Waals surface area contributed by atoms with Crippen LogP contribution in [0.15, 0.2) is 18.2 Å². The Balaban J connectivity index is 2.21. The van der Waals surface area contributed by atoms with E-state index in [-0.39, 0.29) is 11.1 Å². The maximum absolute atomic E-state index is 13.1. The van der Waals surface area contributed by atoms with E-state index >= 15 is 0 Å². The van der Waals surface area contributed by atoms with Crippen molar-refractivity contribution in [2.75, 3.05) is 24.5 Å². The number of aliphatic hydroxyl groups is 1. The lowest BCUT2D eigenvalue weighted by molar-refractivity contribution is 0.183. The Morgan fingerprint density at radius 3 is 2.94 bits per heavy atom. The minimum absolute atomic E-state index is 0.113. The maximum atomic E-state index is 13.1. The number of hydrogen-bond donors (Lipinski definition) is 2. The lowest BCUT2D eigenvalue weighted by Gasteiger charge is -2.25. The Bertz CT molecular complexity index is 390. The molecule has 0 radical (unpaired) electrons. The van der Waals surface area contributed by atoms with Gasteiger partial charge < -0.3 is 15.3 Å². The van der Waals surface area contributed by atoms with E-state index in [1.807, 2.05) is 4.90 Å². The van der Waals surface area contributed by atoms with Gasteiger partial charge in [0.1, 0.15) is 5.82 Å². The first-order valence-electron chi connectivity index (χ1n) is 5.67. The van der Waals surface area contributed by atoms with Gasteiger partial charge in [0.25, 0.3) is 0 Å². The molecule has 2 N–H and O–H groups in total. The fourth-order valence-corrected chi connectivity index (χ4v) is 2.19. The fourth-order valence-electron chi connectivity index (χ4n) is 2.02. The van der Waals surface area contributed by atoms with Crippen molar-refractivity contribution in [3.63, 3.8) is 0 Å². The summed E-state index contributed by atoms with van der Waals surface area (Å²) in [4.78, 5) is 2.01. The summed E-state index contributed by atoms with van der Waals surface area (Å²) in [6.07, 6.45) is -0.427. The lowest BCUT2D eigenvalue weighted by atomic mass is 10.2. The number of aliphatic hydroxyl groups excluding tert-OH is 1. The number of β-amino-alcohol motifs (C(OH)–C–C–N with tert-alkyl or cyclic N) is 1. The summed E-state index contributed by atoms with van der Waals surface area (Å²) in [6, 6.07) is 4.91. The molecular formula is C12H16ClFN2O. The van der Waals surface area contributed by atoms with Crippen molar-refractivity contribution in [2.45, 2.75) is 19.1 Å². The van der Waals surface area contributed by atoms with Gasteiger partial charge in [-0.25, -0.2) is 4.39 Å². The third kappa shape index (κ3) is 3.09. The van der Waals surface area contributed by atoms with Gasteiger partial charge in [0, 0.05) is 31.4 Å². The Morgan fingerprint density at radius 1 is 1.47 bits per heavy atom. The fraction of sp³-hybridized carbons (Fsp3) is 0.500. The average Bonchev–Trinajstić information content (AvgIpc) is 2.45. The molecule has 0 aliphatic carbocycles. The Morgan fingerprint density at radius 2 is 2.24 bits per heavy atom. The standard InChI is InChI=1S/C12H16ClFN2O/c1-8-6-16(7-10(17)5-15-8)9-2-3-12(14)11(13)4-9/h2-4,8,10,15,17H,5-7H2,1H3. The van der Waals surface area contributed by atoms with E-state index in [2.05, 4.69) is 12.2 Å². The van der Waals surface area contributed by atoms with Crippen molar-refractivity contribution in [3.8, 4) is 0 Å². The molecule has 2 rings (SSSR count). The zero-order valence-corrected chi connectivity index (χ0v) is 10.4. The largest absolute Gasteiger partial charge is 0.390 e. The van der Waals surface area contributed by atoms with Gasteiger partial charge in [0.2, 0.25) is 0 Å². The van der Waals surface area contributed by atoms with Crippen LogP contribution < -0.4 is 10.2 Å². The summed E-state index contributed by atoms with van der Waals surface area (Å²) in [5.74, 6) is -0.419. The van der Waals surface area contributed by atoms with Crippen molar-refractivity contribution in [3.05, 3.63) is 29.0 Å². The second-order valence-corrected chi connectivity index (χ2v) is 4.87. The van der Waals surface area contributed by atoms with E-state index in [1.54, 1.807) is 12.1 Å². The summed E-state index contributed by atoms with van der Waals surface area (Å²) < 4.78 is 13.1. The van der Waals surface area contributed by atoms with Crippen LogP contribution in [-0.4, -0.2) is 36.9 Å². The number of benzene rings is 1. The van der Waals surface area contributed by atoms with Gasteiger partial charge in [-0.05, 0) is 25.1 Å². The van der Waals surface area contributed by atoms with Crippen molar-refractivity contribution in [2.24, 2.45) is 0 Å². The number of halogens is 2. The summed E-state index contributed by atoms with van der Waals surface area (Å²) in [7, 11) is 0. The molecule has 1 fully saturated rings. The molecule has 1 aromatic carbocycles. The van der Waals surface area contributed by atoms with Crippen molar-refractivity contribution < 1.29 is 9.50 Å². The number of nitrogens with one attached hydrogen (secondary N) is 1. The molecule has 0 saturated carbocycles. The summed E-state index contributed by atoms with van der Waals surface area (Å²) >= 11 is 5.77. The molecule has 0 bridgehead atoms. The second-order valence-electron chi connectivity index (χ2n) is 4.47. The van der Waals surface area contributed by atoms with Gasteiger partial charge >= 0.3 is 0 Å². The highest BCUT2D eigenvalue weighted by Crippen LogP contribution is 2.23. The molecule has 2 unspecified atom stereocenters. The van der Waals surface area contributed by atoms with Crippen LogP contribution in [0.2, 0.25) is 5.02 Å². The Kier molecular flexibility index (Phi) is 3.86. The van der Waals surface area contributed by atoms with Crippen LogP contribution in [0.4, 0.5) is 10.1 Å². The first kappa shape index (κ1) is 12.6. The first-order valence-corrected chi connectivity index (χ1v) is 6.05. The minimum atomic E-state index is -0.427. The molecule has 17 heavy (non-hydrogen) atoms. The van der Waals surface area contributed by atoms with E-state index in [9.17, 15) is 9.50 Å². The average molecular weight is 259 g/mol. The number of rotatable bonds is 1. The Hall–Kier alpha value is -0.840. The van der Waals surface area contributed by atoms with Crippen molar-refractivity contribution in [1.29, 1.82) is 0 Å². The van der Waals surface area contributed by atoms with Gasteiger partial charge in [-0.2, -0.15) is 0 Å². The van der Waals surface area contributed by atoms with E-state index in [0.29, 0.717) is 13.1 Å². The number of hydrogen-bond acceptors (Lipinski definition) is 3. The third-order valence-electron chi connectivity index (χ3n) is 2.90. The molecule has 1 saturated heterocycles. The molecular weight excluding hydrogens is 243 g/mol. The highest BCUT2D eigenvalue weighted by atomic mass is 35.5. The van der Waals surface area contributed by atoms with Crippen LogP contribution in [0.3, 0.4) is 0 Å². The maximum Gasteiger partial charge on any atom is 0.141 e. The third-order valence-corrected chi connectivity index (χ3v) is 3.19. The second kappa shape index (κ2) is 5.21. The number of anilines is 1. The molecule has 1 aliphatic heterocycles. The van der Waals surface area contributed by atoms with E-state index in [1.165, 1.54) is 6.07 Å². The zero-order valence-electron chi connectivity index (χ0n) is 9.66. The van der Waals surface area contributed by atoms with Gasteiger partial charge in [-0.1, -0.05) is 11.6 Å². The predicted octanol–water partition coefficient (Wildman–Crippen LogP) is 1.64. The minimum Gasteiger partial charge on any atom is -0.390 e. The first-order chi connectivity index (χ1) is 8.06. The normalized spacial score (nSPS) is 25.8. The monoisotopic (exact) mass is 258 g/mol. The van der Waals surface area contributed by atoms with Crippen molar-refractivity contribution >= 4 is 17.3 Å². The SMILES string of the molecule is CC1CN(c2ccc(F)c(Cl)c2)CC(O)CN1. The molecule has 0 aromatic heterocycles. The molecule has 3 nitrogen and oxygen atoms in total. The molecule has 5 heteroatoms. The number of nitrogens with zero attached hydrogens (tertiary/aromatic N) is 1. The van der Waals surface area contributed by atoms with Gasteiger partial charge in [-0.15, -0.1) is 0 Å². The molecule has 2 atom stereocenters. The van der Waals surface area contributed by atoms with Crippen LogP contribution >= 0.6 is 11.6 Å². The Labute approximate surface area is 105 Å². The molecule has 1 heterocycles. The molecule has 1 aromatic rings. The van der Waals surface area contributed by atoms with Crippen molar-refractivity contribution in [1.82, 2.24) is 5.32 Å². The highest BCUT2D eigenvalue weighted by Gasteiger charge is 2.20. The van der Waals surface area contributed by atoms with E-state index < -0.39 is 11.9 Å². The van der Waals surface area contributed by atoms with Gasteiger partial charge in [-0.3, -0.25) is 0 Å². The van der Waals surface area contributed by atoms with E-state index in [4.69, 9.17) is 11.6 Å². The smallest absolute Gasteiger partial charge is 0.141 e. The van der Waals surface area contributed by atoms with Crippen LogP contribution in [-0.2, 0) is 0 Å². The summed E-state index contributed by atoms with van der Waals surface area (Å²) in [5.41, 5.74) is 0.839. The molecule has 94 valence electrons. The predicted molar refractivity (Wildman–Crippen MR) is 67.1 cm³/mol. The molecule has 0 amide bonds. The highest BCUT2D eigenvalue weighted by molar-refractivity contribution is 6.31. The zero-order chi connectivity index (χ0) is 12.4. The van der Waals surface area contributed by atoms with Gasteiger partial charge in [0.15, 0.2) is 0 Å². The lowest BCUT2D eigenvalue weighted by Crippen LogP contribution is -2.35. The van der Waals surface area contributed by atoms with Crippen LogP contribution in [0.5, 0.6) is 0 Å². The summed E-state index contributed by atoms with van der Waals surface area (Å²) in [6.45, 7) is 3.92. The van der Waals surface area contributed by atoms with Crippen LogP contribution in [0, 0.1) is 5.82 Å². The van der Waals surface area contributed by atoms with Gasteiger partial charge in [0.05, 0.1) is 11.1 Å². The van der Waals surface area contributed by atoms with Crippen LogP contribution in [0.1, 0.15) is 6.92 Å². The van der Waals surface area contributed by atoms with E-state index in [0.717, 1.165) is 12.2 Å².